The molecule has 4 nitrogen and oxygen atoms in total. The molecule has 0 amide bonds. The third-order valence-electron chi connectivity index (χ3n) is 2.06. The van der Waals surface area contributed by atoms with Gasteiger partial charge in [-0.25, -0.2) is 0 Å². The van der Waals surface area contributed by atoms with Gasteiger partial charge in [0.05, 0.1) is 5.56 Å². The summed E-state index contributed by atoms with van der Waals surface area (Å²) in [6, 6.07) is 1.94. The Hall–Kier alpha value is -1.36. The van der Waals surface area contributed by atoms with Crippen LogP contribution in [0.15, 0.2) is 16.7 Å². The first-order chi connectivity index (χ1) is 6.72. The number of rotatable bonds is 2. The molecule has 0 aliphatic rings. The van der Waals surface area contributed by atoms with Crippen LogP contribution in [0.1, 0.15) is 12.7 Å². The van der Waals surface area contributed by atoms with E-state index in [1.807, 2.05) is 24.5 Å². The minimum absolute atomic E-state index is 0.640. The van der Waals surface area contributed by atoms with Crippen molar-refractivity contribution in [3.63, 3.8) is 0 Å². The molecule has 5 heteroatoms. The first-order valence-corrected chi connectivity index (χ1v) is 4.84. The van der Waals surface area contributed by atoms with Crippen molar-refractivity contribution in [1.29, 1.82) is 0 Å². The van der Waals surface area contributed by atoms with Gasteiger partial charge in [-0.05, 0) is 32.1 Å². The summed E-state index contributed by atoms with van der Waals surface area (Å²) < 4.78 is 7.80. The van der Waals surface area contributed by atoms with Crippen molar-refractivity contribution >= 4 is 12.2 Å². The smallest absolute Gasteiger partial charge is 0.195 e. The molecule has 0 spiro atoms. The number of aryl methyl sites for hydroxylation is 1. The summed E-state index contributed by atoms with van der Waals surface area (Å²) >= 11 is 5.09. The number of nitrogens with one attached hydrogen (secondary N) is 1. The molecule has 2 heterocycles. The lowest BCUT2D eigenvalue weighted by Crippen LogP contribution is -1.96. The predicted octanol–water partition coefficient (Wildman–Crippen LogP) is 2.53. The van der Waals surface area contributed by atoms with Gasteiger partial charge in [0.15, 0.2) is 10.6 Å². The summed E-state index contributed by atoms with van der Waals surface area (Å²) in [5.41, 5.74) is 0.955. The number of hydrogen-bond acceptors (Lipinski definition) is 3. The van der Waals surface area contributed by atoms with Gasteiger partial charge in [-0.2, -0.15) is 5.10 Å². The Labute approximate surface area is 86.6 Å². The zero-order valence-corrected chi connectivity index (χ0v) is 8.89. The van der Waals surface area contributed by atoms with Crippen LogP contribution < -0.4 is 0 Å². The van der Waals surface area contributed by atoms with E-state index in [1.54, 1.807) is 6.26 Å². The van der Waals surface area contributed by atoms with Gasteiger partial charge in [0.1, 0.15) is 12.0 Å². The van der Waals surface area contributed by atoms with Crippen LogP contribution in [-0.4, -0.2) is 14.8 Å². The van der Waals surface area contributed by atoms with E-state index in [-0.39, 0.29) is 0 Å². The van der Waals surface area contributed by atoms with Gasteiger partial charge in [0.2, 0.25) is 0 Å². The van der Waals surface area contributed by atoms with Crippen molar-refractivity contribution in [1.82, 2.24) is 14.8 Å². The van der Waals surface area contributed by atoms with Crippen molar-refractivity contribution in [2.24, 2.45) is 0 Å². The third-order valence-corrected chi connectivity index (χ3v) is 2.37. The van der Waals surface area contributed by atoms with Crippen LogP contribution in [0.2, 0.25) is 0 Å². The summed E-state index contributed by atoms with van der Waals surface area (Å²) in [6.07, 6.45) is 1.69. The van der Waals surface area contributed by atoms with E-state index in [0.29, 0.717) is 4.77 Å². The molecule has 74 valence electrons. The molecule has 2 aromatic heterocycles. The molecule has 0 bridgehead atoms. The van der Waals surface area contributed by atoms with Gasteiger partial charge in [-0.3, -0.25) is 5.10 Å². The second-order valence-electron chi connectivity index (χ2n) is 3.04. The monoisotopic (exact) mass is 209 g/mol. The normalized spacial score (nSPS) is 10.7. The zero-order valence-electron chi connectivity index (χ0n) is 8.07. The SMILES string of the molecule is CCn1c(-c2coc(C)c2)n[nH]c1=S. The quantitative estimate of drug-likeness (QED) is 0.773. The van der Waals surface area contributed by atoms with Crippen LogP contribution in [0.5, 0.6) is 0 Å². The Kier molecular flexibility index (Phi) is 2.25. The van der Waals surface area contributed by atoms with E-state index in [1.165, 1.54) is 0 Å². The summed E-state index contributed by atoms with van der Waals surface area (Å²) in [5, 5.41) is 6.93. The number of aromatic amines is 1. The standard InChI is InChI=1S/C9H11N3OS/c1-3-12-8(10-11-9(12)14)7-4-6(2)13-5-7/h4-5H,3H2,1-2H3,(H,11,14). The van der Waals surface area contributed by atoms with Gasteiger partial charge in [-0.15, -0.1) is 0 Å². The Morgan fingerprint density at radius 3 is 3.00 bits per heavy atom. The predicted molar refractivity (Wildman–Crippen MR) is 55.5 cm³/mol. The lowest BCUT2D eigenvalue weighted by Gasteiger charge is -1.98. The van der Waals surface area contributed by atoms with Crippen molar-refractivity contribution in [3.05, 3.63) is 22.9 Å². The van der Waals surface area contributed by atoms with Crippen molar-refractivity contribution in [2.45, 2.75) is 20.4 Å². The fourth-order valence-electron chi connectivity index (χ4n) is 1.39. The van der Waals surface area contributed by atoms with Crippen molar-refractivity contribution in [3.8, 4) is 11.4 Å². The Morgan fingerprint density at radius 2 is 2.43 bits per heavy atom. The summed E-state index contributed by atoms with van der Waals surface area (Å²) in [4.78, 5) is 0. The first kappa shape index (κ1) is 9.21. The topological polar surface area (TPSA) is 46.8 Å². The second-order valence-corrected chi connectivity index (χ2v) is 3.43. The maximum atomic E-state index is 5.23. The molecule has 0 aliphatic carbocycles. The van der Waals surface area contributed by atoms with E-state index in [9.17, 15) is 0 Å². The van der Waals surface area contributed by atoms with Crippen LogP contribution in [-0.2, 0) is 6.54 Å². The van der Waals surface area contributed by atoms with Crippen molar-refractivity contribution < 1.29 is 4.42 Å². The fourth-order valence-corrected chi connectivity index (χ4v) is 1.65. The van der Waals surface area contributed by atoms with Crippen LogP contribution >= 0.6 is 12.2 Å². The molecule has 0 radical (unpaired) electrons. The molecule has 0 aliphatic heterocycles. The maximum absolute atomic E-state index is 5.23. The van der Waals surface area contributed by atoms with E-state index in [0.717, 1.165) is 23.7 Å². The largest absolute Gasteiger partial charge is 0.469 e. The highest BCUT2D eigenvalue weighted by Gasteiger charge is 2.09. The highest BCUT2D eigenvalue weighted by molar-refractivity contribution is 7.71. The third kappa shape index (κ3) is 1.39. The van der Waals surface area contributed by atoms with Crippen LogP contribution in [0.3, 0.4) is 0 Å². The number of furan rings is 1. The lowest BCUT2D eigenvalue weighted by atomic mass is 10.3. The van der Waals surface area contributed by atoms with Crippen LogP contribution in [0.25, 0.3) is 11.4 Å². The molecule has 0 atom stereocenters. The summed E-state index contributed by atoms with van der Waals surface area (Å²) in [6.45, 7) is 4.73. The molecule has 0 saturated carbocycles. The lowest BCUT2D eigenvalue weighted by molar-refractivity contribution is 0.534. The Morgan fingerprint density at radius 1 is 1.64 bits per heavy atom. The molecule has 0 fully saturated rings. The first-order valence-electron chi connectivity index (χ1n) is 4.43. The van der Waals surface area contributed by atoms with Crippen LogP contribution in [0, 0.1) is 11.7 Å². The van der Waals surface area contributed by atoms with E-state index in [2.05, 4.69) is 10.2 Å². The number of hydrogen-bond donors (Lipinski definition) is 1. The molecule has 0 aromatic carbocycles. The second kappa shape index (κ2) is 3.42. The number of H-pyrrole nitrogens is 1. The minimum atomic E-state index is 0.640. The zero-order chi connectivity index (χ0) is 10.1. The maximum Gasteiger partial charge on any atom is 0.195 e. The van der Waals surface area contributed by atoms with Crippen LogP contribution in [0.4, 0.5) is 0 Å². The summed E-state index contributed by atoms with van der Waals surface area (Å²) in [5.74, 6) is 1.70. The van der Waals surface area contributed by atoms with E-state index < -0.39 is 0 Å². The van der Waals surface area contributed by atoms with E-state index >= 15 is 0 Å². The Bertz CT molecular complexity index is 494. The van der Waals surface area contributed by atoms with Crippen molar-refractivity contribution in [2.75, 3.05) is 0 Å². The summed E-state index contributed by atoms with van der Waals surface area (Å²) in [7, 11) is 0. The molecule has 14 heavy (non-hydrogen) atoms. The molecule has 1 N–H and O–H groups in total. The van der Waals surface area contributed by atoms with E-state index in [4.69, 9.17) is 16.6 Å². The van der Waals surface area contributed by atoms with Gasteiger partial charge >= 0.3 is 0 Å². The molecular weight excluding hydrogens is 198 g/mol. The minimum Gasteiger partial charge on any atom is -0.469 e. The number of aromatic nitrogens is 3. The molecule has 2 aromatic rings. The average molecular weight is 209 g/mol. The Balaban J connectivity index is 2.56. The van der Waals surface area contributed by atoms with Gasteiger partial charge in [-0.1, -0.05) is 0 Å². The van der Waals surface area contributed by atoms with Gasteiger partial charge < -0.3 is 8.98 Å². The molecule has 0 unspecified atom stereocenters. The molecular formula is C9H11N3OS. The van der Waals surface area contributed by atoms with Gasteiger partial charge in [0.25, 0.3) is 0 Å². The highest BCUT2D eigenvalue weighted by Crippen LogP contribution is 2.19. The number of nitrogens with zero attached hydrogens (tertiary/aromatic N) is 2. The molecule has 2 rings (SSSR count). The van der Waals surface area contributed by atoms with Gasteiger partial charge in [0, 0.05) is 6.54 Å². The fraction of sp³-hybridized carbons (Fsp3) is 0.333. The highest BCUT2D eigenvalue weighted by atomic mass is 32.1. The molecule has 0 saturated heterocycles. The average Bonchev–Trinajstić information content (AvgIpc) is 2.71.